The molecule has 0 spiro atoms. The van der Waals surface area contributed by atoms with Gasteiger partial charge in [0.05, 0.1) is 22.3 Å². The van der Waals surface area contributed by atoms with E-state index in [4.69, 9.17) is 32.7 Å². The molecule has 1 N–H and O–H groups in total. The molecular weight excluding hydrogens is 474 g/mol. The molecule has 3 aromatic rings. The Morgan fingerprint density at radius 1 is 0.882 bits per heavy atom. The molecule has 0 amide bonds. The Bertz CT molecular complexity index is 1120. The summed E-state index contributed by atoms with van der Waals surface area (Å²) in [5.74, 6) is 0.890. The van der Waals surface area contributed by atoms with Gasteiger partial charge in [-0.1, -0.05) is 35.3 Å². The molecule has 7 heteroatoms. The Hall–Kier alpha value is -2.63. The van der Waals surface area contributed by atoms with Crippen LogP contribution in [0.25, 0.3) is 0 Å². The molecule has 1 aliphatic rings. The lowest BCUT2D eigenvalue weighted by Gasteiger charge is -2.29. The lowest BCUT2D eigenvalue weighted by Crippen LogP contribution is -2.29. The summed E-state index contributed by atoms with van der Waals surface area (Å²) in [6.07, 6.45) is 3.73. The second kappa shape index (κ2) is 11.7. The summed E-state index contributed by atoms with van der Waals surface area (Å²) >= 11 is 12.7. The van der Waals surface area contributed by atoms with Gasteiger partial charge in [-0.3, -0.25) is 0 Å². The van der Waals surface area contributed by atoms with Crippen LogP contribution in [0.15, 0.2) is 54.6 Å². The van der Waals surface area contributed by atoms with Crippen LogP contribution in [0.2, 0.25) is 10.0 Å². The minimum Gasteiger partial charge on any atom is -0.490 e. The highest BCUT2D eigenvalue weighted by atomic mass is 35.5. The molecule has 0 aromatic heterocycles. The number of rotatable bonds is 9. The Morgan fingerprint density at radius 3 is 2.44 bits per heavy atom. The van der Waals surface area contributed by atoms with Gasteiger partial charge >= 0.3 is 0 Å². The molecule has 0 atom stereocenters. The van der Waals surface area contributed by atoms with E-state index in [-0.39, 0.29) is 12.4 Å². The van der Waals surface area contributed by atoms with Crippen LogP contribution in [-0.2, 0) is 13.2 Å². The molecule has 1 aliphatic heterocycles. The monoisotopic (exact) mass is 502 g/mol. The first-order chi connectivity index (χ1) is 16.5. The summed E-state index contributed by atoms with van der Waals surface area (Å²) in [6, 6.07) is 16.3. The molecule has 1 saturated heterocycles. The van der Waals surface area contributed by atoms with Crippen molar-refractivity contribution in [1.29, 1.82) is 0 Å². The average Bonchev–Trinajstić information content (AvgIpc) is 2.84. The molecule has 0 unspecified atom stereocenters. The predicted molar refractivity (Wildman–Crippen MR) is 138 cm³/mol. The number of halogens is 3. The Kier molecular flexibility index (Phi) is 8.41. The number of piperidine rings is 1. The third-order valence-electron chi connectivity index (χ3n) is 5.85. The van der Waals surface area contributed by atoms with Crippen LogP contribution in [0.5, 0.6) is 11.5 Å². The van der Waals surface area contributed by atoms with Gasteiger partial charge in [-0.25, -0.2) is 4.39 Å². The molecule has 4 nitrogen and oxygen atoms in total. The van der Waals surface area contributed by atoms with Crippen LogP contribution < -0.4 is 19.7 Å². The zero-order valence-electron chi connectivity index (χ0n) is 19.3. The van der Waals surface area contributed by atoms with Crippen molar-refractivity contribution < 1.29 is 13.9 Å². The average molecular weight is 503 g/mol. The maximum absolute atomic E-state index is 13.3. The van der Waals surface area contributed by atoms with E-state index in [1.54, 1.807) is 6.07 Å². The van der Waals surface area contributed by atoms with Crippen molar-refractivity contribution in [2.24, 2.45) is 0 Å². The molecule has 0 saturated carbocycles. The van der Waals surface area contributed by atoms with Gasteiger partial charge in [-0.05, 0) is 74.2 Å². The largest absolute Gasteiger partial charge is 0.490 e. The van der Waals surface area contributed by atoms with Crippen molar-refractivity contribution in [3.8, 4) is 11.5 Å². The van der Waals surface area contributed by atoms with Crippen LogP contribution in [0, 0.1) is 5.82 Å². The van der Waals surface area contributed by atoms with Crippen LogP contribution in [0.1, 0.15) is 37.3 Å². The van der Waals surface area contributed by atoms with Gasteiger partial charge < -0.3 is 19.7 Å². The summed E-state index contributed by atoms with van der Waals surface area (Å²) < 4.78 is 25.0. The van der Waals surface area contributed by atoms with Gasteiger partial charge in [0.15, 0.2) is 11.5 Å². The molecule has 4 rings (SSSR count). The van der Waals surface area contributed by atoms with Crippen molar-refractivity contribution in [1.82, 2.24) is 0 Å². The van der Waals surface area contributed by atoms with E-state index in [0.717, 1.165) is 35.1 Å². The molecule has 0 bridgehead atoms. The zero-order chi connectivity index (χ0) is 23.9. The highest BCUT2D eigenvalue weighted by molar-refractivity contribution is 6.33. The fraction of sp³-hybridized carbons (Fsp3) is 0.333. The minimum absolute atomic E-state index is 0.221. The molecule has 0 radical (unpaired) electrons. The topological polar surface area (TPSA) is 33.7 Å². The molecular formula is C27H29Cl2FN2O2. The number of anilines is 2. The Morgan fingerprint density at radius 2 is 1.71 bits per heavy atom. The van der Waals surface area contributed by atoms with E-state index in [2.05, 4.69) is 22.3 Å². The lowest BCUT2D eigenvalue weighted by atomic mass is 10.1. The van der Waals surface area contributed by atoms with Crippen molar-refractivity contribution in [3.05, 3.63) is 81.6 Å². The fourth-order valence-electron chi connectivity index (χ4n) is 4.06. The summed E-state index contributed by atoms with van der Waals surface area (Å²) in [5, 5.41) is 4.54. The van der Waals surface area contributed by atoms with Crippen molar-refractivity contribution in [3.63, 3.8) is 0 Å². The van der Waals surface area contributed by atoms with Gasteiger partial charge in [0.2, 0.25) is 0 Å². The van der Waals surface area contributed by atoms with E-state index in [9.17, 15) is 4.39 Å². The smallest absolute Gasteiger partial charge is 0.161 e. The first kappa shape index (κ1) is 24.5. The quantitative estimate of drug-likeness (QED) is 0.324. The molecule has 0 aliphatic carbocycles. The van der Waals surface area contributed by atoms with E-state index >= 15 is 0 Å². The summed E-state index contributed by atoms with van der Waals surface area (Å²) in [7, 11) is 0. The van der Waals surface area contributed by atoms with Crippen LogP contribution in [0.4, 0.5) is 15.8 Å². The number of hydrogen-bond donors (Lipinski definition) is 1. The number of nitrogens with zero attached hydrogens (tertiary/aromatic N) is 1. The Labute approximate surface area is 210 Å². The summed E-state index contributed by atoms with van der Waals surface area (Å²) in [4.78, 5) is 2.36. The molecule has 1 fully saturated rings. The number of ether oxygens (including phenoxy) is 2. The van der Waals surface area contributed by atoms with Crippen molar-refractivity contribution in [2.45, 2.75) is 39.3 Å². The number of hydrogen-bond acceptors (Lipinski definition) is 4. The standard InChI is InChI=1S/C27H29Cl2FN2O2/c1-2-33-27-14-19(6-11-26(27)34-18-20-7-8-21(30)15-23(20)28)17-31-22-9-10-25(24(29)16-22)32-12-4-3-5-13-32/h6-11,14-16,31H,2-5,12-13,17-18H2,1H3. The third-order valence-corrected chi connectivity index (χ3v) is 6.50. The highest BCUT2D eigenvalue weighted by Gasteiger charge is 2.14. The number of nitrogens with one attached hydrogen (secondary N) is 1. The van der Waals surface area contributed by atoms with Gasteiger partial charge in [-0.2, -0.15) is 0 Å². The van der Waals surface area contributed by atoms with Gasteiger partial charge in [0, 0.05) is 30.9 Å². The van der Waals surface area contributed by atoms with E-state index in [0.29, 0.717) is 35.2 Å². The second-order valence-corrected chi connectivity index (χ2v) is 9.12. The maximum Gasteiger partial charge on any atom is 0.161 e. The van der Waals surface area contributed by atoms with Gasteiger partial charge in [-0.15, -0.1) is 0 Å². The van der Waals surface area contributed by atoms with Crippen LogP contribution in [-0.4, -0.2) is 19.7 Å². The lowest BCUT2D eigenvalue weighted by molar-refractivity contribution is 0.269. The maximum atomic E-state index is 13.3. The molecule has 34 heavy (non-hydrogen) atoms. The van der Waals surface area contributed by atoms with Gasteiger partial charge in [0.1, 0.15) is 12.4 Å². The molecule has 1 heterocycles. The molecule has 180 valence electrons. The van der Waals surface area contributed by atoms with E-state index < -0.39 is 0 Å². The van der Waals surface area contributed by atoms with Crippen molar-refractivity contribution >= 4 is 34.6 Å². The third kappa shape index (κ3) is 6.28. The Balaban J connectivity index is 1.40. The summed E-state index contributed by atoms with van der Waals surface area (Å²) in [6.45, 7) is 5.40. The molecule has 3 aromatic carbocycles. The highest BCUT2D eigenvalue weighted by Crippen LogP contribution is 2.33. The normalized spacial score (nSPS) is 13.6. The van der Waals surface area contributed by atoms with Gasteiger partial charge in [0.25, 0.3) is 0 Å². The second-order valence-electron chi connectivity index (χ2n) is 8.31. The van der Waals surface area contributed by atoms with Crippen molar-refractivity contribution in [2.75, 3.05) is 29.9 Å². The zero-order valence-corrected chi connectivity index (χ0v) is 20.8. The van der Waals surface area contributed by atoms with E-state index in [1.165, 1.54) is 31.4 Å². The summed E-state index contributed by atoms with van der Waals surface area (Å²) in [5.41, 5.74) is 3.83. The fourth-order valence-corrected chi connectivity index (χ4v) is 4.58. The van der Waals surface area contributed by atoms with E-state index in [1.807, 2.05) is 31.2 Å². The minimum atomic E-state index is -0.372. The first-order valence-corrected chi connectivity index (χ1v) is 12.4. The predicted octanol–water partition coefficient (Wildman–Crippen LogP) is 7.71. The number of benzene rings is 3. The van der Waals surface area contributed by atoms with Crippen LogP contribution >= 0.6 is 23.2 Å². The first-order valence-electron chi connectivity index (χ1n) is 11.6. The SMILES string of the molecule is CCOc1cc(CNc2ccc(N3CCCCC3)c(Cl)c2)ccc1OCc1ccc(F)cc1Cl. The van der Waals surface area contributed by atoms with Crippen LogP contribution in [0.3, 0.4) is 0 Å².